The van der Waals surface area contributed by atoms with Crippen molar-refractivity contribution in [3.63, 3.8) is 0 Å². The zero-order valence-electron chi connectivity index (χ0n) is 13.6. The van der Waals surface area contributed by atoms with Gasteiger partial charge in [-0.2, -0.15) is 0 Å². The van der Waals surface area contributed by atoms with Crippen molar-refractivity contribution in [2.75, 3.05) is 7.05 Å². The first-order valence-corrected chi connectivity index (χ1v) is 7.72. The van der Waals surface area contributed by atoms with Crippen LogP contribution in [0.25, 0.3) is 5.69 Å². The van der Waals surface area contributed by atoms with E-state index in [-0.39, 0.29) is 5.02 Å². The number of rotatable bonds is 5. The summed E-state index contributed by atoms with van der Waals surface area (Å²) in [5.74, 6) is 1.30. The number of hydrogen-bond donors (Lipinski definition) is 0. The fourth-order valence-corrected chi connectivity index (χ4v) is 2.46. The molecule has 2 heterocycles. The molecule has 24 heavy (non-hydrogen) atoms. The van der Waals surface area contributed by atoms with Crippen molar-refractivity contribution in [1.29, 1.82) is 0 Å². The maximum Gasteiger partial charge on any atom is 0.146 e. The van der Waals surface area contributed by atoms with Gasteiger partial charge < -0.3 is 4.57 Å². The number of benzene rings is 1. The molecule has 3 aromatic rings. The first kappa shape index (κ1) is 16.5. The highest BCUT2D eigenvalue weighted by molar-refractivity contribution is 6.30. The number of aromatic nitrogens is 6. The maximum absolute atomic E-state index is 13.2. The van der Waals surface area contributed by atoms with E-state index in [9.17, 15) is 4.39 Å². The topological polar surface area (TPSA) is 64.7 Å². The van der Waals surface area contributed by atoms with Gasteiger partial charge in [0.05, 0.1) is 29.1 Å². The molecule has 0 aliphatic carbocycles. The molecule has 9 heteroatoms. The van der Waals surface area contributed by atoms with Crippen molar-refractivity contribution in [3.8, 4) is 5.69 Å². The second-order valence-electron chi connectivity index (χ2n) is 5.65. The Morgan fingerprint density at radius 1 is 1.21 bits per heavy atom. The van der Waals surface area contributed by atoms with Gasteiger partial charge in [-0.05, 0) is 32.2 Å². The third kappa shape index (κ3) is 3.44. The Morgan fingerprint density at radius 2 is 2.00 bits per heavy atom. The van der Waals surface area contributed by atoms with Crippen LogP contribution in [0, 0.1) is 12.7 Å². The third-order valence-electron chi connectivity index (χ3n) is 3.73. The van der Waals surface area contributed by atoms with Gasteiger partial charge in [0.15, 0.2) is 0 Å². The van der Waals surface area contributed by atoms with Gasteiger partial charge in [-0.1, -0.05) is 16.8 Å². The molecule has 0 aliphatic heterocycles. The summed E-state index contributed by atoms with van der Waals surface area (Å²) in [6.07, 6.45) is 1.79. The van der Waals surface area contributed by atoms with Crippen LogP contribution in [0.2, 0.25) is 5.02 Å². The Hall–Kier alpha value is -2.32. The molecule has 0 saturated heterocycles. The van der Waals surface area contributed by atoms with Crippen LogP contribution in [-0.4, -0.2) is 41.7 Å². The Kier molecular flexibility index (Phi) is 4.59. The molecule has 0 bridgehead atoms. The van der Waals surface area contributed by atoms with Crippen molar-refractivity contribution < 1.29 is 4.39 Å². The van der Waals surface area contributed by atoms with Gasteiger partial charge in [-0.3, -0.25) is 4.90 Å². The lowest BCUT2D eigenvalue weighted by molar-refractivity contribution is 0.302. The fourth-order valence-electron chi connectivity index (χ4n) is 2.29. The van der Waals surface area contributed by atoms with Crippen molar-refractivity contribution in [2.45, 2.75) is 20.0 Å². The smallest absolute Gasteiger partial charge is 0.146 e. The van der Waals surface area contributed by atoms with Gasteiger partial charge in [0, 0.05) is 13.6 Å². The molecule has 0 saturated carbocycles. The number of aryl methyl sites for hydroxylation is 1. The number of hydrogen-bond acceptors (Lipinski definition) is 5. The molecule has 0 spiro atoms. The molecule has 2 aromatic heterocycles. The molecule has 0 N–H and O–H groups in total. The molecule has 126 valence electrons. The summed E-state index contributed by atoms with van der Waals surface area (Å²) in [6, 6.07) is 4.43. The summed E-state index contributed by atoms with van der Waals surface area (Å²) < 4.78 is 16.8. The molecule has 0 radical (unpaired) electrons. The summed E-state index contributed by atoms with van der Waals surface area (Å²) >= 11 is 5.80. The van der Waals surface area contributed by atoms with Crippen LogP contribution in [0.3, 0.4) is 0 Å². The number of nitrogens with zero attached hydrogens (tertiary/aromatic N) is 7. The highest BCUT2D eigenvalue weighted by Gasteiger charge is 2.11. The van der Waals surface area contributed by atoms with Gasteiger partial charge in [0.1, 0.15) is 17.5 Å². The molecule has 0 atom stereocenters. The molecule has 7 nitrogen and oxygen atoms in total. The minimum atomic E-state index is -0.459. The van der Waals surface area contributed by atoms with Crippen LogP contribution in [0.4, 0.5) is 4.39 Å². The Labute approximate surface area is 143 Å². The van der Waals surface area contributed by atoms with E-state index in [1.807, 2.05) is 25.6 Å². The Balaban J connectivity index is 1.69. The predicted octanol–water partition coefficient (Wildman–Crippen LogP) is 2.13. The van der Waals surface area contributed by atoms with Crippen LogP contribution in [0.1, 0.15) is 17.3 Å². The van der Waals surface area contributed by atoms with Crippen LogP contribution in [0.15, 0.2) is 24.4 Å². The first-order chi connectivity index (χ1) is 11.4. The summed E-state index contributed by atoms with van der Waals surface area (Å²) in [5, 5.41) is 16.5. The normalized spacial score (nSPS) is 11.4. The molecule has 1 aromatic carbocycles. The summed E-state index contributed by atoms with van der Waals surface area (Å²) in [7, 11) is 3.91. The van der Waals surface area contributed by atoms with Crippen molar-refractivity contribution >= 4 is 11.6 Å². The van der Waals surface area contributed by atoms with Crippen LogP contribution in [-0.2, 0) is 20.1 Å². The Morgan fingerprint density at radius 3 is 2.67 bits per heavy atom. The molecule has 0 aliphatic rings. The quantitative estimate of drug-likeness (QED) is 0.706. The van der Waals surface area contributed by atoms with E-state index in [0.717, 1.165) is 17.3 Å². The molecule has 3 rings (SSSR count). The minimum absolute atomic E-state index is 0.0549. The molecular weight excluding hydrogens is 333 g/mol. The van der Waals surface area contributed by atoms with Gasteiger partial charge in [0.2, 0.25) is 0 Å². The van der Waals surface area contributed by atoms with Crippen LogP contribution >= 0.6 is 11.6 Å². The van der Waals surface area contributed by atoms with E-state index in [0.29, 0.717) is 18.8 Å². The number of halogens is 2. The standard InChI is InChI=1S/C15H17ClFN7/c1-10-18-20-15(23(10)3)9-22(2)7-11-8-24(21-19-11)12-4-5-14(17)13(16)6-12/h4-6,8H,7,9H2,1-3H3. The zero-order chi connectivity index (χ0) is 17.3. The SMILES string of the molecule is Cc1nnc(CN(C)Cc2cn(-c3ccc(F)c(Cl)c3)nn2)n1C. The van der Waals surface area contributed by atoms with Gasteiger partial charge in [-0.15, -0.1) is 15.3 Å². The minimum Gasteiger partial charge on any atom is -0.317 e. The van der Waals surface area contributed by atoms with Gasteiger partial charge in [-0.25, -0.2) is 9.07 Å². The first-order valence-electron chi connectivity index (χ1n) is 7.34. The lowest BCUT2D eigenvalue weighted by Crippen LogP contribution is -2.20. The van der Waals surface area contributed by atoms with Crippen molar-refractivity contribution in [1.82, 2.24) is 34.7 Å². The maximum atomic E-state index is 13.2. The highest BCUT2D eigenvalue weighted by atomic mass is 35.5. The molecule has 0 fully saturated rings. The molecule has 0 amide bonds. The largest absolute Gasteiger partial charge is 0.317 e. The van der Waals surface area contributed by atoms with E-state index in [1.54, 1.807) is 16.9 Å². The second kappa shape index (κ2) is 6.66. The monoisotopic (exact) mass is 349 g/mol. The van der Waals surface area contributed by atoms with Crippen molar-refractivity contribution in [3.05, 3.63) is 52.6 Å². The van der Waals surface area contributed by atoms with Crippen LogP contribution < -0.4 is 0 Å². The van der Waals surface area contributed by atoms with E-state index >= 15 is 0 Å². The lowest BCUT2D eigenvalue weighted by atomic mass is 10.3. The van der Waals surface area contributed by atoms with Crippen molar-refractivity contribution in [2.24, 2.45) is 7.05 Å². The van der Waals surface area contributed by atoms with E-state index in [1.165, 1.54) is 12.1 Å². The summed E-state index contributed by atoms with van der Waals surface area (Å²) in [6.45, 7) is 3.16. The zero-order valence-corrected chi connectivity index (χ0v) is 14.4. The lowest BCUT2D eigenvalue weighted by Gasteiger charge is -2.14. The summed E-state index contributed by atoms with van der Waals surface area (Å²) in [4.78, 5) is 2.06. The predicted molar refractivity (Wildman–Crippen MR) is 87.2 cm³/mol. The average Bonchev–Trinajstić information content (AvgIpc) is 3.12. The Bertz CT molecular complexity index is 857. The molecule has 0 unspecified atom stereocenters. The fraction of sp³-hybridized carbons (Fsp3) is 0.333. The van der Waals surface area contributed by atoms with E-state index < -0.39 is 5.82 Å². The third-order valence-corrected chi connectivity index (χ3v) is 4.02. The molecular formula is C15H17ClFN7. The summed E-state index contributed by atoms with van der Waals surface area (Å²) in [5.41, 5.74) is 1.45. The second-order valence-corrected chi connectivity index (χ2v) is 6.05. The van der Waals surface area contributed by atoms with E-state index in [2.05, 4.69) is 25.4 Å². The van der Waals surface area contributed by atoms with Crippen LogP contribution in [0.5, 0.6) is 0 Å². The van der Waals surface area contributed by atoms with Gasteiger partial charge >= 0.3 is 0 Å². The van der Waals surface area contributed by atoms with Gasteiger partial charge in [0.25, 0.3) is 0 Å². The van der Waals surface area contributed by atoms with E-state index in [4.69, 9.17) is 11.6 Å². The average molecular weight is 350 g/mol. The highest BCUT2D eigenvalue weighted by Crippen LogP contribution is 2.18.